The summed E-state index contributed by atoms with van der Waals surface area (Å²) >= 11 is 0. The number of halogens is 2. The van der Waals surface area contributed by atoms with Crippen molar-refractivity contribution in [3.05, 3.63) is 35.4 Å². The summed E-state index contributed by atoms with van der Waals surface area (Å²) in [6, 6.07) is 6.69. The minimum absolute atomic E-state index is 0.124. The third kappa shape index (κ3) is 1.47. The average molecular weight is 168 g/mol. The van der Waals surface area contributed by atoms with Crippen LogP contribution >= 0.6 is 0 Å². The molecule has 1 aromatic rings. The molecular formula is C10H10F2. The maximum atomic E-state index is 12.1. The molecule has 1 aliphatic carbocycles. The van der Waals surface area contributed by atoms with E-state index in [2.05, 4.69) is 0 Å². The van der Waals surface area contributed by atoms with E-state index in [1.165, 1.54) is 30.5 Å². The van der Waals surface area contributed by atoms with Gasteiger partial charge >= 0.3 is 0 Å². The van der Waals surface area contributed by atoms with Crippen molar-refractivity contribution in [2.45, 2.75) is 25.2 Å². The number of hydrogen-bond acceptors (Lipinski definition) is 0. The molecule has 0 aliphatic heterocycles. The average Bonchev–Trinajstić information content (AvgIpc) is 2.87. The summed E-state index contributed by atoms with van der Waals surface area (Å²) in [4.78, 5) is 0. The molecule has 0 heterocycles. The largest absolute Gasteiger partial charge is 0.263 e. The van der Waals surface area contributed by atoms with Gasteiger partial charge < -0.3 is 0 Å². The van der Waals surface area contributed by atoms with Crippen molar-refractivity contribution in [3.8, 4) is 0 Å². The molecule has 0 bridgehead atoms. The molecule has 64 valence electrons. The second kappa shape index (κ2) is 2.85. The summed E-state index contributed by atoms with van der Waals surface area (Å²) in [7, 11) is 0. The Balaban J connectivity index is 2.18. The molecule has 1 aromatic carbocycles. The van der Waals surface area contributed by atoms with E-state index in [-0.39, 0.29) is 5.56 Å². The molecule has 0 aromatic heterocycles. The first-order chi connectivity index (χ1) is 5.77. The van der Waals surface area contributed by atoms with E-state index < -0.39 is 6.43 Å². The van der Waals surface area contributed by atoms with Crippen molar-refractivity contribution in [2.24, 2.45) is 0 Å². The van der Waals surface area contributed by atoms with Crippen LogP contribution in [0.1, 0.15) is 36.3 Å². The molecule has 0 nitrogen and oxygen atoms in total. The van der Waals surface area contributed by atoms with Crippen LogP contribution < -0.4 is 0 Å². The molecule has 0 spiro atoms. The van der Waals surface area contributed by atoms with Crippen molar-refractivity contribution in [1.82, 2.24) is 0 Å². The highest BCUT2D eigenvalue weighted by Crippen LogP contribution is 2.40. The normalized spacial score (nSPS) is 16.9. The van der Waals surface area contributed by atoms with Gasteiger partial charge in [-0.25, -0.2) is 8.78 Å². The van der Waals surface area contributed by atoms with Gasteiger partial charge in [0.25, 0.3) is 6.43 Å². The lowest BCUT2D eigenvalue weighted by atomic mass is 10.1. The van der Waals surface area contributed by atoms with E-state index in [1.807, 2.05) is 12.1 Å². The van der Waals surface area contributed by atoms with Crippen LogP contribution in [0.2, 0.25) is 0 Å². The predicted octanol–water partition coefficient (Wildman–Crippen LogP) is 3.50. The Kier molecular flexibility index (Phi) is 1.83. The summed E-state index contributed by atoms with van der Waals surface area (Å²) in [5.41, 5.74) is 1.33. The first kappa shape index (κ1) is 7.71. The van der Waals surface area contributed by atoms with Gasteiger partial charge in [-0.2, -0.15) is 0 Å². The van der Waals surface area contributed by atoms with E-state index in [9.17, 15) is 8.78 Å². The van der Waals surface area contributed by atoms with Gasteiger partial charge in [0, 0.05) is 5.56 Å². The quantitative estimate of drug-likeness (QED) is 0.634. The van der Waals surface area contributed by atoms with Crippen LogP contribution in [0.4, 0.5) is 8.78 Å². The van der Waals surface area contributed by atoms with Crippen LogP contribution in [0, 0.1) is 0 Å². The standard InChI is InChI=1S/C10H10F2/c11-10(12)9-5-3-8(4-6-9)7-1-2-7/h3-7,10H,1-2H2. The number of rotatable bonds is 2. The first-order valence-corrected chi connectivity index (χ1v) is 4.15. The molecule has 0 amide bonds. The Morgan fingerprint density at radius 2 is 1.67 bits per heavy atom. The Bertz CT molecular complexity index is 239. The summed E-state index contributed by atoms with van der Waals surface area (Å²) in [5, 5.41) is 0. The van der Waals surface area contributed by atoms with E-state index in [0.29, 0.717) is 5.92 Å². The van der Waals surface area contributed by atoms with Gasteiger partial charge in [0.15, 0.2) is 0 Å². The van der Waals surface area contributed by atoms with E-state index >= 15 is 0 Å². The molecular weight excluding hydrogens is 158 g/mol. The highest BCUT2D eigenvalue weighted by Gasteiger charge is 2.23. The summed E-state index contributed by atoms with van der Waals surface area (Å²) < 4.78 is 24.2. The smallest absolute Gasteiger partial charge is 0.205 e. The molecule has 0 atom stereocenters. The minimum atomic E-state index is -2.33. The second-order valence-corrected chi connectivity index (χ2v) is 3.24. The molecule has 0 N–H and O–H groups in total. The van der Waals surface area contributed by atoms with Crippen LogP contribution in [0.3, 0.4) is 0 Å². The zero-order chi connectivity index (χ0) is 8.55. The van der Waals surface area contributed by atoms with Crippen molar-refractivity contribution < 1.29 is 8.78 Å². The molecule has 2 heteroatoms. The zero-order valence-electron chi connectivity index (χ0n) is 6.63. The minimum Gasteiger partial charge on any atom is -0.205 e. The maximum absolute atomic E-state index is 12.1. The molecule has 2 rings (SSSR count). The Morgan fingerprint density at radius 1 is 1.08 bits per heavy atom. The lowest BCUT2D eigenvalue weighted by Gasteiger charge is -2.00. The van der Waals surface area contributed by atoms with Gasteiger partial charge in [-0.3, -0.25) is 0 Å². The summed E-state index contributed by atoms with van der Waals surface area (Å²) in [6.07, 6.45) is 0.0976. The molecule has 0 unspecified atom stereocenters. The topological polar surface area (TPSA) is 0 Å². The zero-order valence-corrected chi connectivity index (χ0v) is 6.63. The van der Waals surface area contributed by atoms with Crippen LogP contribution in [0.5, 0.6) is 0 Å². The third-order valence-corrected chi connectivity index (χ3v) is 2.24. The number of hydrogen-bond donors (Lipinski definition) is 0. The fraction of sp³-hybridized carbons (Fsp3) is 0.400. The van der Waals surface area contributed by atoms with E-state index in [4.69, 9.17) is 0 Å². The fourth-order valence-electron chi connectivity index (χ4n) is 1.33. The maximum Gasteiger partial charge on any atom is 0.263 e. The Hall–Kier alpha value is -0.920. The van der Waals surface area contributed by atoms with Crippen LogP contribution in [0.25, 0.3) is 0 Å². The number of alkyl halides is 2. The van der Waals surface area contributed by atoms with Gasteiger partial charge in [0.05, 0.1) is 0 Å². The molecule has 1 aliphatic rings. The first-order valence-electron chi connectivity index (χ1n) is 4.15. The molecule has 1 fully saturated rings. The third-order valence-electron chi connectivity index (χ3n) is 2.24. The summed E-state index contributed by atoms with van der Waals surface area (Å²) in [6.45, 7) is 0. The number of benzene rings is 1. The van der Waals surface area contributed by atoms with Gasteiger partial charge in [-0.1, -0.05) is 24.3 Å². The SMILES string of the molecule is FC(F)c1ccc(C2CC2)cc1. The second-order valence-electron chi connectivity index (χ2n) is 3.24. The van der Waals surface area contributed by atoms with E-state index in [1.54, 1.807) is 0 Å². The van der Waals surface area contributed by atoms with Crippen molar-refractivity contribution in [2.75, 3.05) is 0 Å². The molecule has 0 saturated heterocycles. The van der Waals surface area contributed by atoms with Gasteiger partial charge in [0.2, 0.25) is 0 Å². The van der Waals surface area contributed by atoms with Gasteiger partial charge in [-0.15, -0.1) is 0 Å². The highest BCUT2D eigenvalue weighted by atomic mass is 19.3. The Labute approximate surface area is 70.2 Å². The van der Waals surface area contributed by atoms with E-state index in [0.717, 1.165) is 0 Å². The molecule has 12 heavy (non-hydrogen) atoms. The van der Waals surface area contributed by atoms with Crippen LogP contribution in [-0.2, 0) is 0 Å². The predicted molar refractivity (Wildman–Crippen MR) is 43.4 cm³/mol. The van der Waals surface area contributed by atoms with Crippen LogP contribution in [-0.4, -0.2) is 0 Å². The van der Waals surface area contributed by atoms with Crippen LogP contribution in [0.15, 0.2) is 24.3 Å². The van der Waals surface area contributed by atoms with Crippen molar-refractivity contribution in [3.63, 3.8) is 0 Å². The lowest BCUT2D eigenvalue weighted by molar-refractivity contribution is 0.151. The molecule has 0 radical (unpaired) electrons. The van der Waals surface area contributed by atoms with Gasteiger partial charge in [0.1, 0.15) is 0 Å². The highest BCUT2D eigenvalue weighted by molar-refractivity contribution is 5.28. The monoisotopic (exact) mass is 168 g/mol. The lowest BCUT2D eigenvalue weighted by Crippen LogP contribution is -1.84. The van der Waals surface area contributed by atoms with Gasteiger partial charge in [-0.05, 0) is 24.3 Å². The molecule has 1 saturated carbocycles. The van der Waals surface area contributed by atoms with Crippen molar-refractivity contribution >= 4 is 0 Å². The fourth-order valence-corrected chi connectivity index (χ4v) is 1.33. The summed E-state index contributed by atoms with van der Waals surface area (Å²) in [5.74, 6) is 0.650. The Morgan fingerprint density at radius 3 is 2.08 bits per heavy atom. The van der Waals surface area contributed by atoms with Crippen molar-refractivity contribution in [1.29, 1.82) is 0 Å².